The first-order chi connectivity index (χ1) is 13.9. The molecule has 1 aromatic heterocycles. The average molecular weight is 471 g/mol. The van der Waals surface area contributed by atoms with Crippen molar-refractivity contribution >= 4 is 50.2 Å². The van der Waals surface area contributed by atoms with Crippen molar-refractivity contribution < 1.29 is 14.0 Å². The van der Waals surface area contributed by atoms with Crippen LogP contribution in [0, 0.1) is 0 Å². The Morgan fingerprint density at radius 3 is 2.34 bits per heavy atom. The Hall–Kier alpha value is -2.96. The third kappa shape index (κ3) is 3.95. The van der Waals surface area contributed by atoms with Crippen LogP contribution in [-0.4, -0.2) is 16.1 Å². The molecule has 4 aromatic rings. The van der Waals surface area contributed by atoms with Gasteiger partial charge in [0.25, 0.3) is 0 Å². The van der Waals surface area contributed by atoms with Gasteiger partial charge in [0, 0.05) is 26.2 Å². The van der Waals surface area contributed by atoms with Crippen molar-refractivity contribution in [2.45, 2.75) is 6.54 Å². The molecule has 0 radical (unpaired) electrons. The first kappa shape index (κ1) is 19.4. The maximum Gasteiger partial charge on any atom is 0.420 e. The SMILES string of the molecule is O=C(Cn1c(=O)oc2cc(C(=O)c3cccc(Cl)c3)ccc21)c1ccc(Br)cc1. The minimum atomic E-state index is -0.655. The van der Waals surface area contributed by atoms with Crippen LogP contribution in [0.15, 0.2) is 80.4 Å². The molecule has 144 valence electrons. The van der Waals surface area contributed by atoms with Crippen LogP contribution in [0.25, 0.3) is 11.1 Å². The van der Waals surface area contributed by atoms with Gasteiger partial charge >= 0.3 is 5.76 Å². The van der Waals surface area contributed by atoms with E-state index in [0.717, 1.165) is 4.47 Å². The number of halogens is 2. The van der Waals surface area contributed by atoms with Crippen molar-refractivity contribution in [3.05, 3.63) is 103 Å². The summed E-state index contributed by atoms with van der Waals surface area (Å²) < 4.78 is 7.39. The van der Waals surface area contributed by atoms with Gasteiger partial charge in [-0.3, -0.25) is 14.2 Å². The third-order valence-electron chi connectivity index (χ3n) is 4.49. The Morgan fingerprint density at radius 2 is 1.62 bits per heavy atom. The standard InChI is InChI=1S/C22H13BrClNO4/c23-16-7-4-13(5-8-16)19(26)12-25-18-9-6-15(11-20(18)29-22(25)28)21(27)14-2-1-3-17(24)10-14/h1-11H,12H2. The fourth-order valence-corrected chi connectivity index (χ4v) is 3.48. The van der Waals surface area contributed by atoms with Crippen LogP contribution in [0.4, 0.5) is 0 Å². The third-order valence-corrected chi connectivity index (χ3v) is 5.25. The van der Waals surface area contributed by atoms with Crippen LogP contribution in [0.5, 0.6) is 0 Å². The monoisotopic (exact) mass is 469 g/mol. The number of hydrogen-bond acceptors (Lipinski definition) is 4. The van der Waals surface area contributed by atoms with E-state index in [1.54, 1.807) is 60.7 Å². The highest BCUT2D eigenvalue weighted by Gasteiger charge is 2.17. The van der Waals surface area contributed by atoms with Gasteiger partial charge in [-0.25, -0.2) is 4.79 Å². The van der Waals surface area contributed by atoms with Crippen molar-refractivity contribution in [3.8, 4) is 0 Å². The van der Waals surface area contributed by atoms with Gasteiger partial charge < -0.3 is 4.42 Å². The minimum Gasteiger partial charge on any atom is -0.408 e. The molecular weight excluding hydrogens is 458 g/mol. The summed E-state index contributed by atoms with van der Waals surface area (Å²) in [5.74, 6) is -1.12. The number of fused-ring (bicyclic) bond motifs is 1. The molecule has 0 aliphatic heterocycles. The highest BCUT2D eigenvalue weighted by Crippen LogP contribution is 2.20. The van der Waals surface area contributed by atoms with Crippen molar-refractivity contribution in [1.82, 2.24) is 4.57 Å². The molecule has 0 bridgehead atoms. The lowest BCUT2D eigenvalue weighted by Crippen LogP contribution is -2.20. The predicted octanol–water partition coefficient (Wildman–Crippen LogP) is 5.12. The first-order valence-electron chi connectivity index (χ1n) is 8.65. The van der Waals surface area contributed by atoms with Crippen LogP contribution in [0.1, 0.15) is 26.3 Å². The summed E-state index contributed by atoms with van der Waals surface area (Å²) in [6.45, 7) is -0.158. The number of carbonyl (C=O) groups is 2. The maximum absolute atomic E-state index is 12.7. The molecule has 0 fully saturated rings. The van der Waals surface area contributed by atoms with Gasteiger partial charge in [0.05, 0.1) is 12.1 Å². The Morgan fingerprint density at radius 1 is 0.931 bits per heavy atom. The summed E-state index contributed by atoms with van der Waals surface area (Å²) in [5.41, 5.74) is 1.97. The molecule has 0 spiro atoms. The summed E-state index contributed by atoms with van der Waals surface area (Å²) in [6.07, 6.45) is 0. The smallest absolute Gasteiger partial charge is 0.408 e. The molecule has 3 aromatic carbocycles. The zero-order valence-electron chi connectivity index (χ0n) is 14.9. The normalized spacial score (nSPS) is 11.0. The van der Waals surface area contributed by atoms with Gasteiger partial charge in [-0.15, -0.1) is 0 Å². The van der Waals surface area contributed by atoms with Gasteiger partial charge in [0.2, 0.25) is 0 Å². The van der Waals surface area contributed by atoms with Crippen LogP contribution >= 0.6 is 27.5 Å². The molecule has 0 unspecified atom stereocenters. The predicted molar refractivity (Wildman–Crippen MR) is 114 cm³/mol. The van der Waals surface area contributed by atoms with E-state index in [0.29, 0.717) is 27.2 Å². The Bertz CT molecular complexity index is 1300. The van der Waals surface area contributed by atoms with E-state index < -0.39 is 5.76 Å². The number of rotatable bonds is 5. The van der Waals surface area contributed by atoms with Crippen molar-refractivity contribution in [2.75, 3.05) is 0 Å². The lowest BCUT2D eigenvalue weighted by atomic mass is 10.0. The number of ketones is 2. The van der Waals surface area contributed by atoms with Crippen LogP contribution in [0.3, 0.4) is 0 Å². The lowest BCUT2D eigenvalue weighted by molar-refractivity contribution is 0.0969. The Kier molecular flexibility index (Phi) is 5.22. The van der Waals surface area contributed by atoms with E-state index in [1.165, 1.54) is 10.6 Å². The van der Waals surface area contributed by atoms with Gasteiger partial charge in [0.15, 0.2) is 17.1 Å². The molecule has 0 atom stereocenters. The highest BCUT2D eigenvalue weighted by atomic mass is 79.9. The summed E-state index contributed by atoms with van der Waals surface area (Å²) >= 11 is 9.28. The molecular formula is C22H13BrClNO4. The molecule has 4 rings (SSSR count). The van der Waals surface area contributed by atoms with E-state index in [1.807, 2.05) is 0 Å². The summed E-state index contributed by atoms with van der Waals surface area (Å²) in [4.78, 5) is 37.5. The van der Waals surface area contributed by atoms with E-state index in [9.17, 15) is 14.4 Å². The van der Waals surface area contributed by atoms with Crippen LogP contribution < -0.4 is 5.76 Å². The number of carbonyl (C=O) groups excluding carboxylic acids is 2. The number of Topliss-reactive ketones (excluding diaryl/α,β-unsaturated/α-hetero) is 1. The molecule has 7 heteroatoms. The first-order valence-corrected chi connectivity index (χ1v) is 9.82. The molecule has 0 aliphatic carbocycles. The second-order valence-electron chi connectivity index (χ2n) is 6.41. The van der Waals surface area contributed by atoms with Crippen molar-refractivity contribution in [3.63, 3.8) is 0 Å². The van der Waals surface area contributed by atoms with Gasteiger partial charge in [-0.05, 0) is 42.5 Å². The molecule has 29 heavy (non-hydrogen) atoms. The van der Waals surface area contributed by atoms with E-state index in [2.05, 4.69) is 15.9 Å². The van der Waals surface area contributed by atoms with Gasteiger partial charge in [-0.1, -0.05) is 51.8 Å². The summed E-state index contributed by atoms with van der Waals surface area (Å²) in [7, 11) is 0. The van der Waals surface area contributed by atoms with E-state index in [-0.39, 0.29) is 23.7 Å². The summed E-state index contributed by atoms with van der Waals surface area (Å²) in [5, 5.41) is 0.459. The molecule has 1 heterocycles. The average Bonchev–Trinajstić information content (AvgIpc) is 3.02. The summed E-state index contributed by atoms with van der Waals surface area (Å²) in [6, 6.07) is 18.2. The van der Waals surface area contributed by atoms with Crippen LogP contribution in [-0.2, 0) is 6.54 Å². The molecule has 0 saturated heterocycles. The number of nitrogens with zero attached hydrogens (tertiary/aromatic N) is 1. The molecule has 5 nitrogen and oxygen atoms in total. The fourth-order valence-electron chi connectivity index (χ4n) is 3.02. The maximum atomic E-state index is 12.7. The topological polar surface area (TPSA) is 69.3 Å². The number of aromatic nitrogens is 1. The second kappa shape index (κ2) is 7.81. The Balaban J connectivity index is 1.66. The second-order valence-corrected chi connectivity index (χ2v) is 7.76. The Labute approximate surface area is 178 Å². The van der Waals surface area contributed by atoms with E-state index in [4.69, 9.17) is 16.0 Å². The lowest BCUT2D eigenvalue weighted by Gasteiger charge is -2.04. The van der Waals surface area contributed by atoms with Crippen molar-refractivity contribution in [2.24, 2.45) is 0 Å². The zero-order chi connectivity index (χ0) is 20.5. The number of oxazole rings is 1. The van der Waals surface area contributed by atoms with Crippen molar-refractivity contribution in [1.29, 1.82) is 0 Å². The quantitative estimate of drug-likeness (QED) is 0.379. The minimum absolute atomic E-state index is 0.158. The highest BCUT2D eigenvalue weighted by molar-refractivity contribution is 9.10. The molecule has 0 saturated carbocycles. The molecule has 0 amide bonds. The van der Waals surface area contributed by atoms with Gasteiger partial charge in [0.1, 0.15) is 0 Å². The molecule has 0 aliphatic rings. The zero-order valence-corrected chi connectivity index (χ0v) is 17.2. The van der Waals surface area contributed by atoms with Crippen LogP contribution in [0.2, 0.25) is 5.02 Å². The van der Waals surface area contributed by atoms with E-state index >= 15 is 0 Å². The van der Waals surface area contributed by atoms with Gasteiger partial charge in [-0.2, -0.15) is 0 Å². The largest absolute Gasteiger partial charge is 0.420 e. The fraction of sp³-hybridized carbons (Fsp3) is 0.0455. The number of benzene rings is 3. The number of hydrogen-bond donors (Lipinski definition) is 0. The molecule has 0 N–H and O–H groups in total.